The molecule has 0 aliphatic heterocycles. The van der Waals surface area contributed by atoms with E-state index in [0.717, 1.165) is 16.0 Å². The van der Waals surface area contributed by atoms with Crippen LogP contribution in [0.5, 0.6) is 0 Å². The summed E-state index contributed by atoms with van der Waals surface area (Å²) in [5.74, 6) is -1.39. The van der Waals surface area contributed by atoms with Crippen LogP contribution in [0, 0.1) is 0 Å². The number of thiophene rings is 1. The highest BCUT2D eigenvalue weighted by molar-refractivity contribution is 7.20. The number of aromatic amines is 1. The summed E-state index contributed by atoms with van der Waals surface area (Å²) in [4.78, 5) is 25.1. The summed E-state index contributed by atoms with van der Waals surface area (Å²) in [6, 6.07) is 3.11. The molecule has 6 heteroatoms. The average Bonchev–Trinajstić information content (AvgIpc) is 2.73. The number of rotatable bonds is 3. The largest absolute Gasteiger partial charge is 0.477 e. The van der Waals surface area contributed by atoms with Gasteiger partial charge in [-0.15, -0.1) is 11.3 Å². The molecule has 16 heavy (non-hydrogen) atoms. The molecule has 0 amide bonds. The van der Waals surface area contributed by atoms with E-state index < -0.39 is 11.9 Å². The van der Waals surface area contributed by atoms with Crippen LogP contribution in [0.25, 0.3) is 10.2 Å². The smallest absolute Gasteiger partial charge is 0.354 e. The van der Waals surface area contributed by atoms with Gasteiger partial charge in [0.25, 0.3) is 0 Å². The van der Waals surface area contributed by atoms with Gasteiger partial charge in [0.15, 0.2) is 0 Å². The third-order valence-corrected chi connectivity index (χ3v) is 3.08. The van der Waals surface area contributed by atoms with E-state index in [1.165, 1.54) is 6.07 Å². The lowest BCUT2D eigenvalue weighted by Crippen LogP contribution is -2.04. The van der Waals surface area contributed by atoms with E-state index in [0.29, 0.717) is 17.8 Å². The Kier molecular flexibility index (Phi) is 2.66. The number of aromatic nitrogens is 1. The Balaban J connectivity index is 2.35. The lowest BCUT2D eigenvalue weighted by Gasteiger charge is -1.96. The molecule has 0 aliphatic rings. The summed E-state index contributed by atoms with van der Waals surface area (Å²) in [5.41, 5.74) is 0.991. The van der Waals surface area contributed by atoms with Gasteiger partial charge in [0.1, 0.15) is 10.6 Å². The molecule has 0 saturated heterocycles. The zero-order valence-corrected chi connectivity index (χ0v) is 9.26. The third-order valence-electron chi connectivity index (χ3n) is 2.01. The van der Waals surface area contributed by atoms with Gasteiger partial charge in [0.05, 0.1) is 16.8 Å². The van der Waals surface area contributed by atoms with E-state index in [1.807, 2.05) is 0 Å². The topological polar surface area (TPSA) is 79.4 Å². The molecule has 2 rings (SSSR count). The minimum atomic E-state index is -0.965. The van der Waals surface area contributed by atoms with Crippen LogP contribution in [0.3, 0.4) is 0 Å². The number of carboxylic acid groups (broad SMARTS) is 1. The number of carbonyl (C=O) groups excluding carboxylic acids is 1. The average molecular weight is 239 g/mol. The van der Waals surface area contributed by atoms with Crippen molar-refractivity contribution in [3.63, 3.8) is 0 Å². The van der Waals surface area contributed by atoms with Crippen molar-refractivity contribution < 1.29 is 19.4 Å². The summed E-state index contributed by atoms with van der Waals surface area (Å²) in [6.45, 7) is 2.04. The van der Waals surface area contributed by atoms with Gasteiger partial charge in [-0.2, -0.15) is 0 Å². The number of aromatic carboxylic acids is 1. The number of nitrogens with one attached hydrogen (secondary N) is 1. The maximum atomic E-state index is 11.4. The van der Waals surface area contributed by atoms with Crippen molar-refractivity contribution in [2.45, 2.75) is 6.92 Å². The van der Waals surface area contributed by atoms with Gasteiger partial charge in [-0.3, -0.25) is 0 Å². The van der Waals surface area contributed by atoms with E-state index in [-0.39, 0.29) is 4.88 Å². The Morgan fingerprint density at radius 3 is 2.81 bits per heavy atom. The number of carboxylic acids is 1. The van der Waals surface area contributed by atoms with Crippen LogP contribution in [-0.4, -0.2) is 28.6 Å². The fourth-order valence-electron chi connectivity index (χ4n) is 1.35. The number of hydrogen-bond acceptors (Lipinski definition) is 4. The maximum absolute atomic E-state index is 11.4. The Morgan fingerprint density at radius 2 is 2.25 bits per heavy atom. The molecule has 0 bridgehead atoms. The summed E-state index contributed by atoms with van der Waals surface area (Å²) in [7, 11) is 0. The summed E-state index contributed by atoms with van der Waals surface area (Å²) >= 11 is 1.12. The van der Waals surface area contributed by atoms with Crippen LogP contribution >= 0.6 is 11.3 Å². The molecule has 2 aromatic heterocycles. The molecule has 0 atom stereocenters. The van der Waals surface area contributed by atoms with Crippen molar-refractivity contribution >= 4 is 33.5 Å². The Bertz CT molecular complexity index is 523. The van der Waals surface area contributed by atoms with Gasteiger partial charge in [0.2, 0.25) is 0 Å². The van der Waals surface area contributed by atoms with Crippen molar-refractivity contribution in [3.8, 4) is 0 Å². The van der Waals surface area contributed by atoms with Crippen LogP contribution in [-0.2, 0) is 4.74 Å². The van der Waals surface area contributed by atoms with Gasteiger partial charge in [-0.25, -0.2) is 9.59 Å². The van der Waals surface area contributed by atoms with Crippen LogP contribution in [0.4, 0.5) is 0 Å². The van der Waals surface area contributed by atoms with Gasteiger partial charge < -0.3 is 14.8 Å². The molecule has 0 fully saturated rings. The van der Waals surface area contributed by atoms with Crippen LogP contribution in [0.15, 0.2) is 12.1 Å². The second-order valence-corrected chi connectivity index (χ2v) is 4.18. The monoisotopic (exact) mass is 239 g/mol. The Morgan fingerprint density at radius 1 is 1.50 bits per heavy atom. The first kappa shape index (κ1) is 10.7. The molecule has 0 unspecified atom stereocenters. The SMILES string of the molecule is CCOC(=O)c1cc2sc(C(=O)O)cc2[nH]1. The lowest BCUT2D eigenvalue weighted by atomic mass is 10.4. The van der Waals surface area contributed by atoms with E-state index >= 15 is 0 Å². The van der Waals surface area contributed by atoms with Gasteiger partial charge in [-0.05, 0) is 19.1 Å². The number of H-pyrrole nitrogens is 1. The molecular weight excluding hydrogens is 230 g/mol. The molecule has 5 nitrogen and oxygen atoms in total. The van der Waals surface area contributed by atoms with Gasteiger partial charge in [0, 0.05) is 0 Å². The number of fused-ring (bicyclic) bond motifs is 1. The molecule has 0 aliphatic carbocycles. The molecule has 2 heterocycles. The van der Waals surface area contributed by atoms with Crippen molar-refractivity contribution in [3.05, 3.63) is 22.7 Å². The predicted octanol–water partition coefficient (Wildman–Crippen LogP) is 2.10. The van der Waals surface area contributed by atoms with Crippen molar-refractivity contribution in [2.75, 3.05) is 6.61 Å². The van der Waals surface area contributed by atoms with E-state index in [9.17, 15) is 9.59 Å². The lowest BCUT2D eigenvalue weighted by molar-refractivity contribution is 0.0520. The minimum Gasteiger partial charge on any atom is -0.477 e. The molecule has 0 saturated carbocycles. The Hall–Kier alpha value is -1.82. The Labute approximate surface area is 94.7 Å². The minimum absolute atomic E-state index is 0.247. The predicted molar refractivity (Wildman–Crippen MR) is 59.1 cm³/mol. The molecular formula is C10H9NO4S. The summed E-state index contributed by atoms with van der Waals surface area (Å²) < 4.78 is 5.56. The van der Waals surface area contributed by atoms with Gasteiger partial charge in [-0.1, -0.05) is 0 Å². The summed E-state index contributed by atoms with van der Waals surface area (Å²) in [6.07, 6.45) is 0. The van der Waals surface area contributed by atoms with E-state index in [4.69, 9.17) is 9.84 Å². The highest BCUT2D eigenvalue weighted by Gasteiger charge is 2.14. The van der Waals surface area contributed by atoms with Crippen molar-refractivity contribution in [2.24, 2.45) is 0 Å². The second kappa shape index (κ2) is 3.97. The molecule has 84 valence electrons. The molecule has 2 N–H and O–H groups in total. The number of esters is 1. The third kappa shape index (κ3) is 1.79. The first-order valence-corrected chi connectivity index (χ1v) is 5.46. The number of carbonyl (C=O) groups is 2. The first-order chi connectivity index (χ1) is 7.61. The van der Waals surface area contributed by atoms with Gasteiger partial charge >= 0.3 is 11.9 Å². The molecule has 0 aromatic carbocycles. The molecule has 0 spiro atoms. The highest BCUT2D eigenvalue weighted by Crippen LogP contribution is 2.26. The quantitative estimate of drug-likeness (QED) is 0.804. The van der Waals surface area contributed by atoms with Crippen LogP contribution in [0.2, 0.25) is 0 Å². The number of ether oxygens (including phenoxy) is 1. The normalized spacial score (nSPS) is 10.6. The fraction of sp³-hybridized carbons (Fsp3) is 0.200. The fourth-order valence-corrected chi connectivity index (χ4v) is 2.24. The molecule has 0 radical (unpaired) electrons. The first-order valence-electron chi connectivity index (χ1n) is 4.64. The van der Waals surface area contributed by atoms with E-state index in [2.05, 4.69) is 4.98 Å². The van der Waals surface area contributed by atoms with Crippen LogP contribution in [0.1, 0.15) is 27.1 Å². The molecule has 2 aromatic rings. The van der Waals surface area contributed by atoms with Crippen LogP contribution < -0.4 is 0 Å². The standard InChI is InChI=1S/C10H9NO4S/c1-2-15-10(14)6-4-7-5(11-6)3-8(16-7)9(12)13/h3-4,11H,2H2,1H3,(H,12,13). The van der Waals surface area contributed by atoms with Crippen molar-refractivity contribution in [1.29, 1.82) is 0 Å². The second-order valence-electron chi connectivity index (χ2n) is 3.10. The van der Waals surface area contributed by atoms with Crippen molar-refractivity contribution in [1.82, 2.24) is 4.98 Å². The maximum Gasteiger partial charge on any atom is 0.354 e. The summed E-state index contributed by atoms with van der Waals surface area (Å²) in [5, 5.41) is 8.77. The highest BCUT2D eigenvalue weighted by atomic mass is 32.1. The number of hydrogen-bond donors (Lipinski definition) is 2. The zero-order chi connectivity index (χ0) is 11.7. The zero-order valence-electron chi connectivity index (χ0n) is 8.44. The van der Waals surface area contributed by atoms with E-state index in [1.54, 1.807) is 13.0 Å².